The predicted molar refractivity (Wildman–Crippen MR) is 88.2 cm³/mol. The highest BCUT2D eigenvalue weighted by Gasteiger charge is 2.33. The van der Waals surface area contributed by atoms with Crippen LogP contribution in [0.25, 0.3) is 0 Å². The summed E-state index contributed by atoms with van der Waals surface area (Å²) in [6.45, 7) is 0.00707. The molecule has 0 bridgehead atoms. The third kappa shape index (κ3) is 3.18. The lowest BCUT2D eigenvalue weighted by Crippen LogP contribution is -2.26. The molecule has 0 radical (unpaired) electrons. The minimum absolute atomic E-state index is 0.00707. The van der Waals surface area contributed by atoms with E-state index >= 15 is 0 Å². The Kier molecular flexibility index (Phi) is 4.40. The van der Waals surface area contributed by atoms with Crippen LogP contribution >= 0.6 is 0 Å². The minimum atomic E-state index is -3.88. The Bertz CT molecular complexity index is 972. The molecule has 0 aromatic heterocycles. The number of nitrogens with one attached hydrogen (secondary N) is 1. The second-order valence-corrected chi connectivity index (χ2v) is 7.38. The van der Waals surface area contributed by atoms with Gasteiger partial charge in [0.1, 0.15) is 5.82 Å². The molecule has 0 aliphatic carbocycles. The third-order valence-corrected chi connectivity index (χ3v) is 5.47. The maximum atomic E-state index is 13.5. The van der Waals surface area contributed by atoms with E-state index in [9.17, 15) is 22.4 Å². The molecule has 0 atom stereocenters. The molecule has 2 aromatic carbocycles. The molecule has 3 rings (SSSR count). The Morgan fingerprint density at radius 1 is 1.04 bits per heavy atom. The van der Waals surface area contributed by atoms with Gasteiger partial charge in [0.15, 0.2) is 0 Å². The van der Waals surface area contributed by atoms with E-state index in [-0.39, 0.29) is 29.0 Å². The number of nitrogens with zero attached hydrogens (tertiary/aromatic N) is 1. The Labute approximate surface area is 144 Å². The zero-order valence-corrected chi connectivity index (χ0v) is 14.1. The molecule has 25 heavy (non-hydrogen) atoms. The predicted octanol–water partition coefficient (Wildman–Crippen LogP) is 1.57. The summed E-state index contributed by atoms with van der Waals surface area (Å²) in [4.78, 5) is 24.6. The standard InChI is InChI=1S/C17H15FN2O4S/c1-20-16(21)13-7-6-12(10-14(13)17(20)22)25(23,24)19-9-8-11-4-2-3-5-15(11)18/h2-7,10,19H,8-9H2,1H3. The molecule has 6 nitrogen and oxygen atoms in total. The van der Waals surface area contributed by atoms with Crippen LogP contribution in [0.2, 0.25) is 0 Å². The van der Waals surface area contributed by atoms with Crippen LogP contribution in [0.3, 0.4) is 0 Å². The number of hydrogen-bond donors (Lipinski definition) is 1. The molecule has 2 amide bonds. The number of benzene rings is 2. The van der Waals surface area contributed by atoms with Crippen molar-refractivity contribution in [2.75, 3.05) is 13.6 Å². The molecule has 0 fully saturated rings. The smallest absolute Gasteiger partial charge is 0.261 e. The van der Waals surface area contributed by atoms with E-state index in [1.807, 2.05) is 0 Å². The molecule has 1 N–H and O–H groups in total. The first-order chi connectivity index (χ1) is 11.8. The third-order valence-electron chi connectivity index (χ3n) is 4.02. The monoisotopic (exact) mass is 362 g/mol. The number of rotatable bonds is 5. The molecule has 0 saturated carbocycles. The van der Waals surface area contributed by atoms with Gasteiger partial charge in [-0.2, -0.15) is 0 Å². The van der Waals surface area contributed by atoms with Gasteiger partial charge in [-0.1, -0.05) is 18.2 Å². The van der Waals surface area contributed by atoms with Crippen LogP contribution < -0.4 is 4.72 Å². The van der Waals surface area contributed by atoms with Crippen molar-refractivity contribution in [3.8, 4) is 0 Å². The summed E-state index contributed by atoms with van der Waals surface area (Å²) in [6, 6.07) is 9.90. The van der Waals surface area contributed by atoms with E-state index in [2.05, 4.69) is 4.72 Å². The lowest BCUT2D eigenvalue weighted by atomic mass is 10.1. The molecule has 8 heteroatoms. The fraction of sp³-hybridized carbons (Fsp3) is 0.176. The van der Waals surface area contributed by atoms with Crippen molar-refractivity contribution in [3.63, 3.8) is 0 Å². The van der Waals surface area contributed by atoms with Crippen LogP contribution in [0, 0.1) is 5.82 Å². The van der Waals surface area contributed by atoms with E-state index in [4.69, 9.17) is 0 Å². The zero-order valence-electron chi connectivity index (χ0n) is 13.3. The lowest BCUT2D eigenvalue weighted by Gasteiger charge is -2.08. The summed E-state index contributed by atoms with van der Waals surface area (Å²) in [5.74, 6) is -1.40. The highest BCUT2D eigenvalue weighted by Crippen LogP contribution is 2.24. The molecule has 0 unspecified atom stereocenters. The van der Waals surface area contributed by atoms with Gasteiger partial charge in [-0.25, -0.2) is 17.5 Å². The molecular weight excluding hydrogens is 347 g/mol. The van der Waals surface area contributed by atoms with Crippen LogP contribution in [0.4, 0.5) is 4.39 Å². The second kappa shape index (κ2) is 6.38. The number of fused-ring (bicyclic) bond motifs is 1. The average molecular weight is 362 g/mol. The number of imide groups is 1. The van der Waals surface area contributed by atoms with Gasteiger partial charge in [-0.05, 0) is 36.2 Å². The molecule has 2 aromatic rings. The Morgan fingerprint density at radius 2 is 1.72 bits per heavy atom. The highest BCUT2D eigenvalue weighted by molar-refractivity contribution is 7.89. The van der Waals surface area contributed by atoms with E-state index in [1.165, 1.54) is 31.3 Å². The van der Waals surface area contributed by atoms with Gasteiger partial charge in [-0.15, -0.1) is 0 Å². The lowest BCUT2D eigenvalue weighted by molar-refractivity contribution is 0.0693. The molecular formula is C17H15FN2O4S. The molecule has 0 spiro atoms. The molecule has 1 heterocycles. The maximum Gasteiger partial charge on any atom is 0.261 e. The van der Waals surface area contributed by atoms with Crippen molar-refractivity contribution < 1.29 is 22.4 Å². The number of halogens is 1. The van der Waals surface area contributed by atoms with Gasteiger partial charge in [0.25, 0.3) is 11.8 Å². The first-order valence-corrected chi connectivity index (χ1v) is 8.99. The Morgan fingerprint density at radius 3 is 2.44 bits per heavy atom. The van der Waals surface area contributed by atoms with Gasteiger partial charge < -0.3 is 0 Å². The molecule has 130 valence electrons. The Hall–Kier alpha value is -2.58. The van der Waals surface area contributed by atoms with Gasteiger partial charge in [0.2, 0.25) is 10.0 Å². The largest absolute Gasteiger partial charge is 0.277 e. The quantitative estimate of drug-likeness (QED) is 0.819. The summed E-state index contributed by atoms with van der Waals surface area (Å²) in [7, 11) is -2.54. The molecule has 1 aliphatic rings. The van der Waals surface area contributed by atoms with Crippen molar-refractivity contribution >= 4 is 21.8 Å². The summed E-state index contributed by atoms with van der Waals surface area (Å²) in [5.41, 5.74) is 0.642. The van der Waals surface area contributed by atoms with Gasteiger partial charge in [0.05, 0.1) is 16.0 Å². The van der Waals surface area contributed by atoms with Crippen LogP contribution in [-0.2, 0) is 16.4 Å². The van der Waals surface area contributed by atoms with Crippen LogP contribution in [0.1, 0.15) is 26.3 Å². The fourth-order valence-electron chi connectivity index (χ4n) is 2.61. The first-order valence-electron chi connectivity index (χ1n) is 7.51. The SMILES string of the molecule is CN1C(=O)c2ccc(S(=O)(=O)NCCc3ccccc3F)cc2C1=O. The van der Waals surface area contributed by atoms with Crippen molar-refractivity contribution in [2.45, 2.75) is 11.3 Å². The van der Waals surface area contributed by atoms with Crippen molar-refractivity contribution in [1.29, 1.82) is 0 Å². The molecule has 1 aliphatic heterocycles. The van der Waals surface area contributed by atoms with Crippen molar-refractivity contribution in [3.05, 3.63) is 65.0 Å². The molecule has 0 saturated heterocycles. The van der Waals surface area contributed by atoms with E-state index in [0.717, 1.165) is 4.90 Å². The van der Waals surface area contributed by atoms with Gasteiger partial charge >= 0.3 is 0 Å². The van der Waals surface area contributed by atoms with Gasteiger partial charge in [-0.3, -0.25) is 14.5 Å². The summed E-state index contributed by atoms with van der Waals surface area (Å²) < 4.78 is 40.6. The second-order valence-electron chi connectivity index (χ2n) is 5.62. The van der Waals surface area contributed by atoms with Crippen molar-refractivity contribution in [1.82, 2.24) is 9.62 Å². The van der Waals surface area contributed by atoms with E-state index < -0.39 is 27.7 Å². The number of carbonyl (C=O) groups excluding carboxylic acids is 2. The number of carbonyl (C=O) groups is 2. The van der Waals surface area contributed by atoms with Crippen LogP contribution in [0.5, 0.6) is 0 Å². The topological polar surface area (TPSA) is 83.6 Å². The number of amides is 2. The number of sulfonamides is 1. The maximum absolute atomic E-state index is 13.5. The van der Waals surface area contributed by atoms with E-state index in [0.29, 0.717) is 5.56 Å². The van der Waals surface area contributed by atoms with Crippen LogP contribution in [0.15, 0.2) is 47.4 Å². The first kappa shape index (κ1) is 17.2. The minimum Gasteiger partial charge on any atom is -0.277 e. The normalized spacial score (nSPS) is 14.1. The van der Waals surface area contributed by atoms with Crippen LogP contribution in [-0.4, -0.2) is 38.7 Å². The van der Waals surface area contributed by atoms with Gasteiger partial charge in [0, 0.05) is 13.6 Å². The summed E-state index contributed by atoms with van der Waals surface area (Å²) in [6.07, 6.45) is 0.191. The fourth-order valence-corrected chi connectivity index (χ4v) is 3.67. The zero-order chi connectivity index (χ0) is 18.2. The average Bonchev–Trinajstić information content (AvgIpc) is 2.81. The summed E-state index contributed by atoms with van der Waals surface area (Å²) >= 11 is 0. The Balaban J connectivity index is 1.77. The van der Waals surface area contributed by atoms with E-state index in [1.54, 1.807) is 18.2 Å². The highest BCUT2D eigenvalue weighted by atomic mass is 32.2. The summed E-state index contributed by atoms with van der Waals surface area (Å²) in [5, 5.41) is 0. The number of hydrogen-bond acceptors (Lipinski definition) is 4. The van der Waals surface area contributed by atoms with Crippen molar-refractivity contribution in [2.24, 2.45) is 0 Å².